The molecular weight excluding hydrogens is 204 g/mol. The quantitative estimate of drug-likeness (QED) is 0.577. The molecular formula is C10H16N6. The Labute approximate surface area is 93.8 Å². The van der Waals surface area contributed by atoms with Crippen molar-refractivity contribution in [2.45, 2.75) is 0 Å². The molecule has 0 atom stereocenters. The summed E-state index contributed by atoms with van der Waals surface area (Å²) in [5.41, 5.74) is 13.3. The number of fused-ring (bicyclic) bond motifs is 1. The molecule has 1 heterocycles. The van der Waals surface area contributed by atoms with Gasteiger partial charge in [-0.1, -0.05) is 0 Å². The van der Waals surface area contributed by atoms with Crippen LogP contribution < -0.4 is 21.8 Å². The molecule has 6 nitrogen and oxygen atoms in total. The summed E-state index contributed by atoms with van der Waals surface area (Å²) in [4.78, 5) is 4.28. The molecule has 2 aromatic rings. The lowest BCUT2D eigenvalue weighted by molar-refractivity contribution is 0.956. The normalized spacial score (nSPS) is 10.4. The topological polar surface area (TPSA) is 79.9 Å². The average Bonchev–Trinajstić information content (AvgIpc) is 2.71. The molecule has 0 spiro atoms. The standard InChI is InChI=1S/C10H16N6/c1-12-6-4-7-10(8(11)9(6)13-2)15-5-16(7)14-3/h4-5,12-14H,11H2,1-3H3. The van der Waals surface area contributed by atoms with Gasteiger partial charge in [0.25, 0.3) is 0 Å². The van der Waals surface area contributed by atoms with Crippen LogP contribution in [0.3, 0.4) is 0 Å². The maximum absolute atomic E-state index is 6.07. The highest BCUT2D eigenvalue weighted by Gasteiger charge is 2.12. The van der Waals surface area contributed by atoms with Gasteiger partial charge in [0.1, 0.15) is 11.8 Å². The fourth-order valence-corrected chi connectivity index (χ4v) is 1.82. The van der Waals surface area contributed by atoms with Gasteiger partial charge in [0.2, 0.25) is 0 Å². The molecule has 16 heavy (non-hydrogen) atoms. The van der Waals surface area contributed by atoms with Crippen LogP contribution in [0.1, 0.15) is 0 Å². The van der Waals surface area contributed by atoms with Crippen molar-refractivity contribution >= 4 is 28.1 Å². The van der Waals surface area contributed by atoms with Crippen molar-refractivity contribution in [3.05, 3.63) is 12.4 Å². The number of rotatable bonds is 3. The van der Waals surface area contributed by atoms with Gasteiger partial charge in [-0.2, -0.15) is 0 Å². The predicted octanol–water partition coefficient (Wildman–Crippen LogP) is 0.875. The van der Waals surface area contributed by atoms with E-state index in [0.29, 0.717) is 5.69 Å². The lowest BCUT2D eigenvalue weighted by Gasteiger charge is -2.13. The van der Waals surface area contributed by atoms with Gasteiger partial charge in [-0.3, -0.25) is 0 Å². The number of nitrogen functional groups attached to an aromatic ring is 1. The molecule has 0 fully saturated rings. The zero-order valence-corrected chi connectivity index (χ0v) is 9.63. The Kier molecular flexibility index (Phi) is 2.47. The third-order valence-electron chi connectivity index (χ3n) is 2.64. The van der Waals surface area contributed by atoms with Crippen LogP contribution in [0.5, 0.6) is 0 Å². The van der Waals surface area contributed by atoms with Crippen molar-refractivity contribution < 1.29 is 0 Å². The molecule has 2 rings (SSSR count). The zero-order valence-electron chi connectivity index (χ0n) is 9.63. The molecule has 0 saturated carbocycles. The Balaban J connectivity index is 2.78. The molecule has 6 heteroatoms. The van der Waals surface area contributed by atoms with Crippen LogP contribution in [0, 0.1) is 0 Å². The molecule has 0 aliphatic heterocycles. The number of aromatic nitrogens is 2. The minimum absolute atomic E-state index is 0.651. The van der Waals surface area contributed by atoms with Crippen LogP contribution in [0.25, 0.3) is 11.0 Å². The molecule has 86 valence electrons. The molecule has 1 aromatic heterocycles. The van der Waals surface area contributed by atoms with Crippen molar-refractivity contribution in [2.75, 3.05) is 42.9 Å². The first-order valence-electron chi connectivity index (χ1n) is 5.05. The number of anilines is 3. The van der Waals surface area contributed by atoms with E-state index in [2.05, 4.69) is 21.0 Å². The van der Waals surface area contributed by atoms with Gasteiger partial charge in [-0.25, -0.2) is 9.66 Å². The van der Waals surface area contributed by atoms with Gasteiger partial charge >= 0.3 is 0 Å². The monoisotopic (exact) mass is 220 g/mol. The smallest absolute Gasteiger partial charge is 0.116 e. The van der Waals surface area contributed by atoms with Gasteiger partial charge in [0.15, 0.2) is 0 Å². The first-order chi connectivity index (χ1) is 7.72. The summed E-state index contributed by atoms with van der Waals surface area (Å²) >= 11 is 0. The fraction of sp³-hybridized carbons (Fsp3) is 0.300. The van der Waals surface area contributed by atoms with E-state index >= 15 is 0 Å². The number of hydrogen-bond acceptors (Lipinski definition) is 5. The summed E-state index contributed by atoms with van der Waals surface area (Å²) < 4.78 is 1.83. The molecule has 0 radical (unpaired) electrons. The Hall–Kier alpha value is -2.11. The number of nitrogens with two attached hydrogens (primary N) is 1. The summed E-state index contributed by atoms with van der Waals surface area (Å²) in [5.74, 6) is 0. The Morgan fingerprint density at radius 1 is 1.25 bits per heavy atom. The predicted molar refractivity (Wildman–Crippen MR) is 68.5 cm³/mol. The molecule has 0 saturated heterocycles. The molecule has 0 unspecified atom stereocenters. The van der Waals surface area contributed by atoms with E-state index in [1.165, 1.54) is 0 Å². The number of nitrogens with zero attached hydrogens (tertiary/aromatic N) is 2. The molecule has 0 aliphatic carbocycles. The second-order valence-electron chi connectivity index (χ2n) is 3.42. The van der Waals surface area contributed by atoms with Crippen LogP contribution >= 0.6 is 0 Å². The van der Waals surface area contributed by atoms with Crippen LogP contribution in [0.15, 0.2) is 12.4 Å². The zero-order chi connectivity index (χ0) is 11.7. The van der Waals surface area contributed by atoms with E-state index in [9.17, 15) is 0 Å². The highest BCUT2D eigenvalue weighted by atomic mass is 15.4. The highest BCUT2D eigenvalue weighted by molar-refractivity contribution is 6.01. The first-order valence-corrected chi connectivity index (χ1v) is 5.05. The summed E-state index contributed by atoms with van der Waals surface area (Å²) in [6.45, 7) is 0. The van der Waals surface area contributed by atoms with E-state index < -0.39 is 0 Å². The van der Waals surface area contributed by atoms with Crippen molar-refractivity contribution in [3.63, 3.8) is 0 Å². The van der Waals surface area contributed by atoms with Crippen LogP contribution in [-0.4, -0.2) is 30.8 Å². The Morgan fingerprint density at radius 3 is 2.56 bits per heavy atom. The molecule has 1 aromatic carbocycles. The van der Waals surface area contributed by atoms with Gasteiger partial charge in [-0.15, -0.1) is 0 Å². The number of benzene rings is 1. The first kappa shape index (κ1) is 10.4. The number of imidazole rings is 1. The van der Waals surface area contributed by atoms with Crippen LogP contribution in [0.4, 0.5) is 17.1 Å². The van der Waals surface area contributed by atoms with E-state index in [1.807, 2.05) is 31.9 Å². The second-order valence-corrected chi connectivity index (χ2v) is 3.42. The average molecular weight is 220 g/mol. The van der Waals surface area contributed by atoms with Crippen molar-refractivity contribution in [3.8, 4) is 0 Å². The second kappa shape index (κ2) is 3.80. The minimum atomic E-state index is 0.651. The van der Waals surface area contributed by atoms with Gasteiger partial charge in [0, 0.05) is 21.1 Å². The molecule has 0 aliphatic rings. The minimum Gasteiger partial charge on any atom is -0.395 e. The molecule has 0 amide bonds. The van der Waals surface area contributed by atoms with Crippen molar-refractivity contribution in [1.82, 2.24) is 9.66 Å². The molecule has 5 N–H and O–H groups in total. The van der Waals surface area contributed by atoms with Crippen LogP contribution in [0.2, 0.25) is 0 Å². The highest BCUT2D eigenvalue weighted by Crippen LogP contribution is 2.34. The van der Waals surface area contributed by atoms with E-state index in [1.54, 1.807) is 6.33 Å². The van der Waals surface area contributed by atoms with E-state index in [0.717, 1.165) is 22.4 Å². The van der Waals surface area contributed by atoms with Crippen molar-refractivity contribution in [1.29, 1.82) is 0 Å². The molecule has 0 bridgehead atoms. The Morgan fingerprint density at radius 2 is 2.00 bits per heavy atom. The van der Waals surface area contributed by atoms with E-state index in [-0.39, 0.29) is 0 Å². The number of hydrogen-bond donors (Lipinski definition) is 4. The third-order valence-corrected chi connectivity index (χ3v) is 2.64. The summed E-state index contributed by atoms with van der Waals surface area (Å²) in [5, 5.41) is 6.19. The van der Waals surface area contributed by atoms with Gasteiger partial charge < -0.3 is 21.8 Å². The maximum atomic E-state index is 6.07. The largest absolute Gasteiger partial charge is 0.395 e. The van der Waals surface area contributed by atoms with Gasteiger partial charge in [0.05, 0.1) is 22.6 Å². The van der Waals surface area contributed by atoms with E-state index in [4.69, 9.17) is 5.73 Å². The lowest BCUT2D eigenvalue weighted by Crippen LogP contribution is -2.08. The third kappa shape index (κ3) is 1.30. The van der Waals surface area contributed by atoms with Gasteiger partial charge in [-0.05, 0) is 6.07 Å². The maximum Gasteiger partial charge on any atom is 0.116 e. The summed E-state index contributed by atoms with van der Waals surface area (Å²) in [6.07, 6.45) is 1.71. The fourth-order valence-electron chi connectivity index (χ4n) is 1.82. The summed E-state index contributed by atoms with van der Waals surface area (Å²) in [6, 6.07) is 2.00. The lowest BCUT2D eigenvalue weighted by atomic mass is 10.2. The summed E-state index contributed by atoms with van der Waals surface area (Å²) in [7, 11) is 5.54. The van der Waals surface area contributed by atoms with Crippen LogP contribution in [-0.2, 0) is 0 Å². The Bertz CT molecular complexity index is 515. The van der Waals surface area contributed by atoms with Crippen molar-refractivity contribution in [2.24, 2.45) is 0 Å². The number of nitrogens with one attached hydrogen (secondary N) is 3. The SMILES string of the molecule is CNc1cc2c(ncn2NC)c(N)c1NC.